The predicted molar refractivity (Wildman–Crippen MR) is 135 cm³/mol. The van der Waals surface area contributed by atoms with Crippen molar-refractivity contribution in [3.8, 4) is 0 Å². The Morgan fingerprint density at radius 3 is 2.41 bits per heavy atom. The van der Waals surface area contributed by atoms with Crippen LogP contribution >= 0.6 is 12.2 Å². The number of para-hydroxylation sites is 1. The summed E-state index contributed by atoms with van der Waals surface area (Å²) in [6, 6.07) is 16.2. The molecule has 3 heterocycles. The summed E-state index contributed by atoms with van der Waals surface area (Å²) in [5, 5.41) is 8.43. The van der Waals surface area contributed by atoms with Crippen molar-refractivity contribution in [3.05, 3.63) is 71.3 Å². The van der Waals surface area contributed by atoms with E-state index in [1.165, 1.54) is 12.1 Å². The number of fused-ring (bicyclic) bond motifs is 3. The van der Waals surface area contributed by atoms with E-state index in [9.17, 15) is 8.78 Å². The molecule has 0 unspecified atom stereocenters. The van der Waals surface area contributed by atoms with Crippen LogP contribution in [-0.2, 0) is 12.5 Å². The fourth-order valence-electron chi connectivity index (χ4n) is 4.32. The maximum Gasteiger partial charge on any atom is 0.270 e. The lowest BCUT2D eigenvalue weighted by Gasteiger charge is -2.32. The Morgan fingerprint density at radius 2 is 1.76 bits per heavy atom. The normalized spacial score (nSPS) is 16.9. The summed E-state index contributed by atoms with van der Waals surface area (Å²) < 4.78 is 29.2. The molecule has 0 spiro atoms. The average Bonchev–Trinajstić information content (AvgIpc) is 3.30. The summed E-state index contributed by atoms with van der Waals surface area (Å²) in [6.07, 6.45) is 0. The van der Waals surface area contributed by atoms with E-state index in [0.29, 0.717) is 18.1 Å². The van der Waals surface area contributed by atoms with Gasteiger partial charge >= 0.3 is 0 Å². The molecule has 2 aliphatic heterocycles. The lowest BCUT2D eigenvalue weighted by molar-refractivity contribution is 0.0174. The molecule has 0 aliphatic carbocycles. The van der Waals surface area contributed by atoms with Crippen molar-refractivity contribution in [3.63, 3.8) is 0 Å². The van der Waals surface area contributed by atoms with Gasteiger partial charge in [0.25, 0.3) is 5.92 Å². The van der Waals surface area contributed by atoms with Gasteiger partial charge in [-0.3, -0.25) is 4.90 Å². The van der Waals surface area contributed by atoms with E-state index >= 15 is 0 Å². The van der Waals surface area contributed by atoms with Gasteiger partial charge < -0.3 is 10.2 Å². The highest BCUT2D eigenvalue weighted by Crippen LogP contribution is 2.39. The highest BCUT2D eigenvalue weighted by atomic mass is 32.1. The number of anilines is 3. The van der Waals surface area contributed by atoms with Crippen LogP contribution in [0, 0.1) is 0 Å². The molecule has 2 aliphatic rings. The fourth-order valence-corrected chi connectivity index (χ4v) is 4.59. The smallest absolute Gasteiger partial charge is 0.270 e. The minimum Gasteiger partial charge on any atom is -0.340 e. The first-order chi connectivity index (χ1) is 16.0. The second kappa shape index (κ2) is 7.87. The lowest BCUT2D eigenvalue weighted by Crippen LogP contribution is -2.48. The number of nitrogens with one attached hydrogen (secondary N) is 1. The number of thiocarbonyl (C=S) groups is 1. The zero-order valence-electron chi connectivity index (χ0n) is 19.5. The van der Waals surface area contributed by atoms with Gasteiger partial charge in [-0.05, 0) is 31.5 Å². The molecule has 0 radical (unpaired) electrons. The Labute approximate surface area is 202 Å². The monoisotopic (exact) mass is 480 g/mol. The molecule has 0 saturated heterocycles. The van der Waals surface area contributed by atoms with E-state index in [1.807, 2.05) is 47.0 Å². The van der Waals surface area contributed by atoms with E-state index < -0.39 is 5.92 Å². The van der Waals surface area contributed by atoms with Crippen LogP contribution in [-0.4, -0.2) is 44.8 Å². The molecule has 6 nitrogen and oxygen atoms in total. The third kappa shape index (κ3) is 3.94. The Balaban J connectivity index is 1.59. The highest BCUT2D eigenvalue weighted by molar-refractivity contribution is 7.80. The summed E-state index contributed by atoms with van der Waals surface area (Å²) in [5.41, 5.74) is 2.31. The zero-order chi connectivity index (χ0) is 24.3. The third-order valence-electron chi connectivity index (χ3n) is 6.03. The predicted octanol–water partition coefficient (Wildman–Crippen LogP) is 5.36. The zero-order valence-corrected chi connectivity index (χ0v) is 20.3. The summed E-state index contributed by atoms with van der Waals surface area (Å²) in [6.45, 7) is 6.15. The van der Waals surface area contributed by atoms with Crippen LogP contribution in [0.2, 0.25) is 0 Å². The van der Waals surface area contributed by atoms with Gasteiger partial charge in [-0.2, -0.15) is 5.10 Å². The van der Waals surface area contributed by atoms with E-state index in [1.54, 1.807) is 12.1 Å². The van der Waals surface area contributed by atoms with Crippen LogP contribution in [0.15, 0.2) is 59.6 Å². The maximum absolute atomic E-state index is 13.7. The lowest BCUT2D eigenvalue weighted by atomic mass is 10.1. The van der Waals surface area contributed by atoms with Gasteiger partial charge in [-0.15, -0.1) is 0 Å². The summed E-state index contributed by atoms with van der Waals surface area (Å²) in [4.78, 5) is 9.50. The van der Waals surface area contributed by atoms with Crippen LogP contribution < -0.4 is 10.2 Å². The molecule has 34 heavy (non-hydrogen) atoms. The van der Waals surface area contributed by atoms with Crippen molar-refractivity contribution >= 4 is 40.5 Å². The number of nitrogens with zero attached hydrogens (tertiary/aromatic N) is 5. The first-order valence-corrected chi connectivity index (χ1v) is 11.5. The molecule has 9 heteroatoms. The van der Waals surface area contributed by atoms with E-state index in [0.717, 1.165) is 41.3 Å². The molecule has 0 fully saturated rings. The van der Waals surface area contributed by atoms with Gasteiger partial charge in [0.05, 0.1) is 24.2 Å². The number of guanidine groups is 1. The molecule has 176 valence electrons. The van der Waals surface area contributed by atoms with Gasteiger partial charge in [0, 0.05) is 25.2 Å². The van der Waals surface area contributed by atoms with Gasteiger partial charge in [0.2, 0.25) is 5.96 Å². The van der Waals surface area contributed by atoms with E-state index in [-0.39, 0.29) is 11.1 Å². The number of alkyl halides is 2. The molecule has 0 amide bonds. The molecule has 0 bridgehead atoms. The first-order valence-electron chi connectivity index (χ1n) is 11.1. The number of aliphatic imine (C=N–C) groups is 1. The van der Waals surface area contributed by atoms with Gasteiger partial charge in [-0.1, -0.05) is 54.7 Å². The number of rotatable bonds is 5. The van der Waals surface area contributed by atoms with Crippen molar-refractivity contribution in [2.75, 3.05) is 23.8 Å². The second-order valence-corrected chi connectivity index (χ2v) is 9.84. The van der Waals surface area contributed by atoms with Gasteiger partial charge in [-0.25, -0.2) is 18.5 Å². The minimum atomic E-state index is -2.88. The fraction of sp³-hybridized carbons (Fsp3) is 0.320. The average molecular weight is 481 g/mol. The van der Waals surface area contributed by atoms with Crippen LogP contribution in [0.25, 0.3) is 0 Å². The number of benzene rings is 2. The molecule has 1 N–H and O–H groups in total. The Hall–Kier alpha value is -3.33. The largest absolute Gasteiger partial charge is 0.340 e. The summed E-state index contributed by atoms with van der Waals surface area (Å²) in [5.74, 6) is -0.583. The number of halogens is 2. The first kappa shape index (κ1) is 22.5. The number of hydrogen-bond acceptors (Lipinski definition) is 5. The van der Waals surface area contributed by atoms with Crippen molar-refractivity contribution in [2.45, 2.75) is 38.8 Å². The number of hydrogen-bond donors (Lipinski definition) is 1. The Morgan fingerprint density at radius 1 is 1.09 bits per heavy atom. The van der Waals surface area contributed by atoms with Crippen LogP contribution in [0.1, 0.15) is 37.5 Å². The van der Waals surface area contributed by atoms with E-state index in [2.05, 4.69) is 24.1 Å². The van der Waals surface area contributed by atoms with Crippen molar-refractivity contribution in [2.24, 2.45) is 4.99 Å². The van der Waals surface area contributed by atoms with Gasteiger partial charge in [0.1, 0.15) is 10.8 Å². The molecule has 0 saturated carbocycles. The van der Waals surface area contributed by atoms with Crippen molar-refractivity contribution in [1.82, 2.24) is 14.7 Å². The molecule has 5 rings (SSSR count). The SMILES string of the molecule is CN1C(=S)c2c(nn(Cc3ccc(C(C)(F)F)cc3)c2Nc2ccccc2)N2CC(C)(C)N=C12. The van der Waals surface area contributed by atoms with Crippen LogP contribution in [0.5, 0.6) is 0 Å². The molecular weight excluding hydrogens is 454 g/mol. The molecule has 0 atom stereocenters. The third-order valence-corrected chi connectivity index (χ3v) is 6.50. The topological polar surface area (TPSA) is 48.7 Å². The van der Waals surface area contributed by atoms with Crippen molar-refractivity contribution < 1.29 is 8.78 Å². The molecule has 2 aromatic carbocycles. The number of aromatic nitrogens is 2. The quantitative estimate of drug-likeness (QED) is 0.498. The summed E-state index contributed by atoms with van der Waals surface area (Å²) in [7, 11) is 1.92. The molecular formula is C25H26F2N6S. The molecule has 1 aromatic heterocycles. The van der Waals surface area contributed by atoms with E-state index in [4.69, 9.17) is 22.3 Å². The summed E-state index contributed by atoms with van der Waals surface area (Å²) >= 11 is 5.86. The maximum atomic E-state index is 13.7. The minimum absolute atomic E-state index is 0.0124. The molecule has 3 aromatic rings. The standard InChI is InChI=1S/C25H26F2N6S/c1-24(2)15-32-21-19(22(34)31(4)23(32)29-24)20(28-18-8-6-5-7-9-18)33(30-21)14-16-10-12-17(13-11-16)25(3,26)27/h5-13,28H,14-15H2,1-4H3. The Bertz CT molecular complexity index is 1280. The highest BCUT2D eigenvalue weighted by Gasteiger charge is 2.43. The van der Waals surface area contributed by atoms with Crippen LogP contribution in [0.3, 0.4) is 0 Å². The second-order valence-electron chi connectivity index (χ2n) is 9.46. The Kier molecular flexibility index (Phi) is 5.20. The van der Waals surface area contributed by atoms with Gasteiger partial charge in [0.15, 0.2) is 5.82 Å². The van der Waals surface area contributed by atoms with Crippen molar-refractivity contribution in [1.29, 1.82) is 0 Å². The van der Waals surface area contributed by atoms with Crippen LogP contribution in [0.4, 0.5) is 26.1 Å².